The fraction of sp³-hybridized carbons (Fsp3) is 0.733. The average molecular weight is 267 g/mol. The van der Waals surface area contributed by atoms with Crippen molar-refractivity contribution in [3.63, 3.8) is 0 Å². The van der Waals surface area contributed by atoms with Gasteiger partial charge in [0.05, 0.1) is 5.41 Å². The van der Waals surface area contributed by atoms with Crippen LogP contribution in [-0.2, 0) is 14.7 Å². The van der Waals surface area contributed by atoms with Gasteiger partial charge < -0.3 is 5.11 Å². The van der Waals surface area contributed by atoms with E-state index >= 15 is 0 Å². The van der Waals surface area contributed by atoms with Gasteiger partial charge in [0.2, 0.25) is 0 Å². The fourth-order valence-corrected chi connectivity index (χ4v) is 2.76. The van der Waals surface area contributed by atoms with E-state index in [-0.39, 0.29) is 12.0 Å². The molecule has 0 aliphatic heterocycles. The van der Waals surface area contributed by atoms with E-state index in [1.165, 1.54) is 0 Å². The molecule has 0 unspecified atom stereocenters. The third-order valence-electron chi connectivity index (χ3n) is 4.00. The van der Waals surface area contributed by atoms with Crippen molar-refractivity contribution in [1.29, 1.82) is 0 Å². The average Bonchev–Trinajstić information content (AvgIpc) is 2.38. The van der Waals surface area contributed by atoms with E-state index in [4.69, 9.17) is 0 Å². The van der Waals surface area contributed by atoms with Crippen molar-refractivity contribution in [1.82, 2.24) is 0 Å². The minimum Gasteiger partial charge on any atom is -0.478 e. The quantitative estimate of drug-likeness (QED) is 0.566. The van der Waals surface area contributed by atoms with E-state index in [9.17, 15) is 19.8 Å². The Morgan fingerprint density at radius 3 is 2.32 bits per heavy atom. The fourth-order valence-electron chi connectivity index (χ4n) is 2.76. The summed E-state index contributed by atoms with van der Waals surface area (Å²) >= 11 is 0. The predicted molar refractivity (Wildman–Crippen MR) is 71.1 cm³/mol. The molecular weight excluding hydrogens is 244 g/mol. The van der Waals surface area contributed by atoms with Gasteiger partial charge in [0.25, 0.3) is 0 Å². The predicted octanol–water partition coefficient (Wildman–Crippen LogP) is 3.49. The number of carbonyl (C=O) groups is 2. The zero-order valence-electron chi connectivity index (χ0n) is 11.6. The van der Waals surface area contributed by atoms with Crippen LogP contribution < -0.4 is 0 Å². The van der Waals surface area contributed by atoms with Crippen molar-refractivity contribution in [2.45, 2.75) is 64.7 Å². The zero-order valence-corrected chi connectivity index (χ0v) is 11.6. The van der Waals surface area contributed by atoms with Gasteiger partial charge in [0.15, 0.2) is 0 Å². The number of carboxylic acid groups (broad SMARTS) is 1. The lowest BCUT2D eigenvalue weighted by molar-refractivity contribution is -0.158. The van der Waals surface area contributed by atoms with Crippen LogP contribution in [0.1, 0.15) is 64.7 Å². The standard InChI is InChI=1S/C15H23O4/c1-2-3-5-8-12(13(16)17)11-15(14(18)19)9-6-4-7-10-15/h8H,2-7,9-11H2,1H3,(H,16,17). The van der Waals surface area contributed by atoms with E-state index in [1.54, 1.807) is 6.08 Å². The van der Waals surface area contributed by atoms with Crippen molar-refractivity contribution in [2.24, 2.45) is 5.41 Å². The van der Waals surface area contributed by atoms with Gasteiger partial charge in [0, 0.05) is 5.57 Å². The summed E-state index contributed by atoms with van der Waals surface area (Å²) in [4.78, 5) is 22.7. The van der Waals surface area contributed by atoms with Gasteiger partial charge in [-0.1, -0.05) is 45.1 Å². The van der Waals surface area contributed by atoms with Crippen LogP contribution in [0.25, 0.3) is 0 Å². The summed E-state index contributed by atoms with van der Waals surface area (Å²) in [5.41, 5.74) is -0.728. The Labute approximate surface area is 114 Å². The molecule has 1 radical (unpaired) electrons. The molecule has 0 atom stereocenters. The lowest BCUT2D eigenvalue weighted by Gasteiger charge is -2.32. The van der Waals surface area contributed by atoms with E-state index in [2.05, 4.69) is 0 Å². The highest BCUT2D eigenvalue weighted by Crippen LogP contribution is 2.42. The Balaban J connectivity index is 2.82. The van der Waals surface area contributed by atoms with Gasteiger partial charge >= 0.3 is 11.9 Å². The van der Waals surface area contributed by atoms with Crippen LogP contribution in [0, 0.1) is 5.41 Å². The SMILES string of the molecule is CCCCC=C(CC1(C([O])=O)CCCCC1)C(=O)O. The second-order valence-electron chi connectivity index (χ2n) is 5.48. The molecule has 1 N–H and O–H groups in total. The maximum absolute atomic E-state index is 11.4. The largest absolute Gasteiger partial charge is 0.478 e. The molecule has 0 heterocycles. The number of hydrogen-bond acceptors (Lipinski definition) is 2. The topological polar surface area (TPSA) is 74.3 Å². The van der Waals surface area contributed by atoms with Gasteiger partial charge in [-0.05, 0) is 25.7 Å². The molecule has 1 aliphatic rings. The summed E-state index contributed by atoms with van der Waals surface area (Å²) in [7, 11) is 0. The molecule has 4 heteroatoms. The van der Waals surface area contributed by atoms with Crippen LogP contribution in [0.15, 0.2) is 11.6 Å². The molecule has 107 valence electrons. The summed E-state index contributed by atoms with van der Waals surface area (Å²) in [6.07, 6.45) is 8.19. The Morgan fingerprint density at radius 1 is 1.21 bits per heavy atom. The molecule has 1 fully saturated rings. The normalized spacial score (nSPS) is 19.1. The van der Waals surface area contributed by atoms with Crippen LogP contribution in [-0.4, -0.2) is 17.0 Å². The first-order valence-electron chi connectivity index (χ1n) is 7.15. The molecule has 1 saturated carbocycles. The molecule has 0 amide bonds. The summed E-state index contributed by atoms with van der Waals surface area (Å²) in [6.45, 7) is 2.04. The summed E-state index contributed by atoms with van der Waals surface area (Å²) in [5, 5.41) is 20.7. The molecule has 0 spiro atoms. The molecule has 0 aromatic carbocycles. The monoisotopic (exact) mass is 267 g/mol. The van der Waals surface area contributed by atoms with E-state index in [0.717, 1.165) is 32.1 Å². The number of aliphatic carboxylic acids is 1. The zero-order chi connectivity index (χ0) is 14.3. The number of unbranched alkanes of at least 4 members (excludes halogenated alkanes) is 2. The Kier molecular flexibility index (Phi) is 6.06. The van der Waals surface area contributed by atoms with Crippen molar-refractivity contribution in [3.8, 4) is 0 Å². The van der Waals surface area contributed by atoms with Crippen LogP contribution in [0.2, 0.25) is 0 Å². The number of allylic oxidation sites excluding steroid dienone is 1. The molecular formula is C15H23O4. The Hall–Kier alpha value is -1.32. The van der Waals surface area contributed by atoms with E-state index in [1.807, 2.05) is 6.92 Å². The molecule has 4 nitrogen and oxygen atoms in total. The highest BCUT2D eigenvalue weighted by molar-refractivity contribution is 5.88. The minimum absolute atomic E-state index is 0.106. The first kappa shape index (κ1) is 15.7. The van der Waals surface area contributed by atoms with E-state index in [0.29, 0.717) is 19.3 Å². The minimum atomic E-state index is -1.09. The maximum Gasteiger partial charge on any atom is 0.361 e. The second-order valence-corrected chi connectivity index (χ2v) is 5.48. The lowest BCUT2D eigenvalue weighted by Crippen LogP contribution is -2.34. The molecule has 0 aromatic rings. The van der Waals surface area contributed by atoms with Crippen LogP contribution in [0.5, 0.6) is 0 Å². The van der Waals surface area contributed by atoms with Crippen molar-refractivity contribution in [2.75, 3.05) is 0 Å². The van der Waals surface area contributed by atoms with Gasteiger partial charge in [-0.2, -0.15) is 0 Å². The van der Waals surface area contributed by atoms with Crippen LogP contribution >= 0.6 is 0 Å². The Morgan fingerprint density at radius 2 is 1.84 bits per heavy atom. The third kappa shape index (κ3) is 4.37. The Bertz CT molecular complexity index is 351. The molecule has 0 bridgehead atoms. The van der Waals surface area contributed by atoms with Gasteiger partial charge in [-0.15, -0.1) is 0 Å². The van der Waals surface area contributed by atoms with Crippen molar-refractivity contribution >= 4 is 11.9 Å². The molecule has 0 saturated heterocycles. The molecule has 1 rings (SSSR count). The number of carboxylic acids is 1. The highest BCUT2D eigenvalue weighted by atomic mass is 16.4. The summed E-state index contributed by atoms with van der Waals surface area (Å²) in [5.74, 6) is -2.09. The molecule has 19 heavy (non-hydrogen) atoms. The summed E-state index contributed by atoms with van der Waals surface area (Å²) in [6, 6.07) is 0. The van der Waals surface area contributed by atoms with E-state index < -0.39 is 17.4 Å². The smallest absolute Gasteiger partial charge is 0.361 e. The summed E-state index contributed by atoms with van der Waals surface area (Å²) < 4.78 is 0. The number of carbonyl (C=O) groups excluding carboxylic acids is 1. The number of hydrogen-bond donors (Lipinski definition) is 1. The van der Waals surface area contributed by atoms with Crippen LogP contribution in [0.3, 0.4) is 0 Å². The highest BCUT2D eigenvalue weighted by Gasteiger charge is 2.42. The molecule has 0 aromatic heterocycles. The first-order chi connectivity index (χ1) is 9.02. The third-order valence-corrected chi connectivity index (χ3v) is 4.00. The second kappa shape index (κ2) is 7.31. The first-order valence-corrected chi connectivity index (χ1v) is 7.15. The van der Waals surface area contributed by atoms with Crippen LogP contribution in [0.4, 0.5) is 0 Å². The van der Waals surface area contributed by atoms with Crippen molar-refractivity contribution in [3.05, 3.63) is 11.6 Å². The van der Waals surface area contributed by atoms with Gasteiger partial charge in [-0.25, -0.2) is 14.7 Å². The maximum atomic E-state index is 11.4. The molecule has 1 aliphatic carbocycles. The lowest BCUT2D eigenvalue weighted by atomic mass is 9.70. The van der Waals surface area contributed by atoms with Crippen molar-refractivity contribution < 1.29 is 19.8 Å². The van der Waals surface area contributed by atoms with Gasteiger partial charge in [0.1, 0.15) is 0 Å². The van der Waals surface area contributed by atoms with Gasteiger partial charge in [-0.3, -0.25) is 0 Å². The number of rotatable bonds is 7.